The van der Waals surface area contributed by atoms with Crippen molar-refractivity contribution in [2.75, 3.05) is 11.4 Å². The molecule has 162 valence electrons. The van der Waals surface area contributed by atoms with Crippen LogP contribution in [0.2, 0.25) is 0 Å². The number of hydrogen-bond donors (Lipinski definition) is 1. The Kier molecular flexibility index (Phi) is 6.76. The first-order valence-electron chi connectivity index (χ1n) is 10.7. The number of anilines is 1. The van der Waals surface area contributed by atoms with Crippen LogP contribution in [0, 0.1) is 13.8 Å². The van der Waals surface area contributed by atoms with Crippen LogP contribution in [0.4, 0.5) is 5.69 Å². The molecule has 0 fully saturated rings. The molecular formula is C27H26N2O2S. The Bertz CT molecular complexity index is 1170. The normalized spacial score (nSPS) is 14.4. The number of aryl methyl sites for hydroxylation is 2. The number of nitrogens with one attached hydrogen (secondary N) is 1. The first-order valence-corrected chi connectivity index (χ1v) is 11.5. The van der Waals surface area contributed by atoms with Crippen LogP contribution in [0.25, 0.3) is 0 Å². The number of hydrogen-bond acceptors (Lipinski definition) is 3. The van der Waals surface area contributed by atoms with Crippen LogP contribution in [0.15, 0.2) is 88.7 Å². The third-order valence-electron chi connectivity index (χ3n) is 5.35. The van der Waals surface area contributed by atoms with Crippen molar-refractivity contribution in [1.29, 1.82) is 0 Å². The van der Waals surface area contributed by atoms with E-state index in [4.69, 9.17) is 0 Å². The molecule has 3 aromatic rings. The second-order valence-electron chi connectivity index (χ2n) is 7.99. The average Bonchev–Trinajstić information content (AvgIpc) is 2.78. The molecule has 4 nitrogen and oxygen atoms in total. The van der Waals surface area contributed by atoms with Gasteiger partial charge in [0.1, 0.15) is 0 Å². The van der Waals surface area contributed by atoms with E-state index in [1.807, 2.05) is 61.5 Å². The number of nitrogens with zero attached hydrogens (tertiary/aromatic N) is 1. The highest BCUT2D eigenvalue weighted by Crippen LogP contribution is 2.41. The fourth-order valence-electron chi connectivity index (χ4n) is 3.66. The molecular weight excluding hydrogens is 416 g/mol. The van der Waals surface area contributed by atoms with Crippen molar-refractivity contribution in [3.63, 3.8) is 0 Å². The number of benzene rings is 3. The molecule has 0 saturated heterocycles. The minimum Gasteiger partial charge on any atom is -0.352 e. The largest absolute Gasteiger partial charge is 0.352 e. The smallest absolute Gasteiger partial charge is 0.265 e. The van der Waals surface area contributed by atoms with Gasteiger partial charge < -0.3 is 10.2 Å². The van der Waals surface area contributed by atoms with E-state index in [0.29, 0.717) is 18.0 Å². The first kappa shape index (κ1) is 21.9. The topological polar surface area (TPSA) is 49.4 Å². The van der Waals surface area contributed by atoms with Gasteiger partial charge in [-0.05, 0) is 43.5 Å². The highest BCUT2D eigenvalue weighted by atomic mass is 32.2. The lowest BCUT2D eigenvalue weighted by molar-refractivity contribution is -0.118. The Labute approximate surface area is 193 Å². The number of rotatable bonds is 6. The molecule has 1 aliphatic rings. The molecule has 0 radical (unpaired) electrons. The lowest BCUT2D eigenvalue weighted by atomic mass is 10.1. The Morgan fingerprint density at radius 3 is 2.50 bits per heavy atom. The van der Waals surface area contributed by atoms with Crippen molar-refractivity contribution in [3.8, 4) is 0 Å². The van der Waals surface area contributed by atoms with Gasteiger partial charge in [-0.15, -0.1) is 0 Å². The number of carbonyl (C=O) groups is 2. The zero-order valence-corrected chi connectivity index (χ0v) is 19.1. The van der Waals surface area contributed by atoms with Crippen LogP contribution in [0.3, 0.4) is 0 Å². The second kappa shape index (κ2) is 9.88. The number of para-hydroxylation sites is 1. The van der Waals surface area contributed by atoms with Crippen molar-refractivity contribution in [2.24, 2.45) is 0 Å². The number of amides is 2. The number of thioether (sulfide) groups is 1. The van der Waals surface area contributed by atoms with Gasteiger partial charge in [0.25, 0.3) is 5.91 Å². The Morgan fingerprint density at radius 2 is 1.72 bits per heavy atom. The quantitative estimate of drug-likeness (QED) is 0.535. The van der Waals surface area contributed by atoms with Gasteiger partial charge in [-0.1, -0.05) is 83.6 Å². The third-order valence-corrected chi connectivity index (χ3v) is 6.43. The minimum atomic E-state index is -0.247. The molecule has 0 spiro atoms. The molecule has 2 amide bonds. The maximum absolute atomic E-state index is 13.3. The Morgan fingerprint density at radius 1 is 0.938 bits per heavy atom. The average molecular weight is 443 g/mol. The van der Waals surface area contributed by atoms with Crippen molar-refractivity contribution < 1.29 is 9.59 Å². The minimum absolute atomic E-state index is 0.150. The van der Waals surface area contributed by atoms with Gasteiger partial charge in [0.2, 0.25) is 5.91 Å². The number of fused-ring (bicyclic) bond motifs is 1. The third kappa shape index (κ3) is 5.29. The van der Waals surface area contributed by atoms with E-state index in [2.05, 4.69) is 30.4 Å². The van der Waals surface area contributed by atoms with Gasteiger partial charge in [0, 0.05) is 17.5 Å². The molecule has 0 aliphatic carbocycles. The summed E-state index contributed by atoms with van der Waals surface area (Å²) in [7, 11) is 0. The summed E-state index contributed by atoms with van der Waals surface area (Å²) in [5, 5.41) is 2.91. The van der Waals surface area contributed by atoms with E-state index in [9.17, 15) is 9.59 Å². The highest BCUT2D eigenvalue weighted by Gasteiger charge is 2.29. The molecule has 0 aromatic heterocycles. The summed E-state index contributed by atoms with van der Waals surface area (Å²) in [6.45, 7) is 5.08. The molecule has 0 saturated carbocycles. The van der Waals surface area contributed by atoms with E-state index in [1.165, 1.54) is 34.5 Å². The molecule has 1 heterocycles. The van der Waals surface area contributed by atoms with E-state index in [0.717, 1.165) is 22.6 Å². The fraction of sp³-hybridized carbons (Fsp3) is 0.185. The summed E-state index contributed by atoms with van der Waals surface area (Å²) >= 11 is 1.35. The van der Waals surface area contributed by atoms with Gasteiger partial charge in [-0.2, -0.15) is 0 Å². The predicted octanol–water partition coefficient (Wildman–Crippen LogP) is 5.19. The fourth-order valence-corrected chi connectivity index (χ4v) is 4.69. The summed E-state index contributed by atoms with van der Waals surface area (Å²) in [4.78, 5) is 29.0. The van der Waals surface area contributed by atoms with Crippen LogP contribution in [0.1, 0.15) is 22.3 Å². The summed E-state index contributed by atoms with van der Waals surface area (Å²) in [6.07, 6.45) is 2.18. The zero-order valence-electron chi connectivity index (χ0n) is 18.3. The van der Waals surface area contributed by atoms with Crippen LogP contribution in [0.5, 0.6) is 0 Å². The Balaban J connectivity index is 1.48. The summed E-state index contributed by atoms with van der Waals surface area (Å²) < 4.78 is 0. The van der Waals surface area contributed by atoms with Crippen molar-refractivity contribution in [3.05, 3.63) is 106 Å². The van der Waals surface area contributed by atoms with Gasteiger partial charge in [-0.25, -0.2) is 0 Å². The first-order chi connectivity index (χ1) is 15.5. The number of carbonyl (C=O) groups excluding carboxylic acids is 2. The van der Waals surface area contributed by atoms with Crippen molar-refractivity contribution >= 4 is 29.3 Å². The van der Waals surface area contributed by atoms with Gasteiger partial charge in [0.15, 0.2) is 0 Å². The lowest BCUT2D eigenvalue weighted by Crippen LogP contribution is -2.34. The molecule has 32 heavy (non-hydrogen) atoms. The van der Waals surface area contributed by atoms with Gasteiger partial charge in [0.05, 0.1) is 17.1 Å². The molecule has 1 N–H and O–H groups in total. The summed E-state index contributed by atoms with van der Waals surface area (Å²) in [6, 6.07) is 24.2. The van der Waals surface area contributed by atoms with Gasteiger partial charge >= 0.3 is 0 Å². The maximum atomic E-state index is 13.3. The van der Waals surface area contributed by atoms with Crippen LogP contribution < -0.4 is 10.2 Å². The second-order valence-corrected chi connectivity index (χ2v) is 9.07. The van der Waals surface area contributed by atoms with Gasteiger partial charge in [-0.3, -0.25) is 9.59 Å². The van der Waals surface area contributed by atoms with Crippen LogP contribution in [-0.4, -0.2) is 18.4 Å². The van der Waals surface area contributed by atoms with Crippen molar-refractivity contribution in [2.45, 2.75) is 31.7 Å². The SMILES string of the molecule is Cc1ccc(CN2C(=O)C(=CC(=O)NCCc3cccc(C)c3)Sc3ccccc32)cc1. The van der Waals surface area contributed by atoms with E-state index >= 15 is 0 Å². The highest BCUT2D eigenvalue weighted by molar-refractivity contribution is 8.04. The van der Waals surface area contributed by atoms with E-state index in [1.54, 1.807) is 4.90 Å². The maximum Gasteiger partial charge on any atom is 0.265 e. The summed E-state index contributed by atoms with van der Waals surface area (Å²) in [5.41, 5.74) is 5.48. The molecule has 4 rings (SSSR count). The van der Waals surface area contributed by atoms with E-state index in [-0.39, 0.29) is 11.8 Å². The molecule has 0 unspecified atom stereocenters. The standard InChI is InChI=1S/C27H26N2O2S/c1-19-10-12-22(13-11-19)18-29-23-8-3-4-9-24(23)32-25(27(29)31)17-26(30)28-15-14-21-7-5-6-20(2)16-21/h3-13,16-17H,14-15,18H2,1-2H3,(H,28,30). The molecule has 0 bridgehead atoms. The lowest BCUT2D eigenvalue weighted by Gasteiger charge is -2.30. The predicted molar refractivity (Wildman–Crippen MR) is 131 cm³/mol. The molecule has 1 aliphatic heterocycles. The monoisotopic (exact) mass is 442 g/mol. The Hall–Kier alpha value is -3.31. The van der Waals surface area contributed by atoms with E-state index < -0.39 is 0 Å². The van der Waals surface area contributed by atoms with Crippen LogP contribution >= 0.6 is 11.8 Å². The van der Waals surface area contributed by atoms with Crippen molar-refractivity contribution in [1.82, 2.24) is 5.32 Å². The van der Waals surface area contributed by atoms with Crippen LogP contribution in [-0.2, 0) is 22.6 Å². The summed E-state index contributed by atoms with van der Waals surface area (Å²) in [5.74, 6) is -0.397. The molecule has 0 atom stereocenters. The molecule has 5 heteroatoms. The molecule has 3 aromatic carbocycles. The zero-order chi connectivity index (χ0) is 22.5.